The summed E-state index contributed by atoms with van der Waals surface area (Å²) in [5.74, 6) is 1.01. The molecule has 1 N–H and O–H groups in total. The zero-order valence-corrected chi connectivity index (χ0v) is 19.2. The van der Waals surface area contributed by atoms with Crippen LogP contribution in [0.5, 0.6) is 0 Å². The van der Waals surface area contributed by atoms with E-state index in [0.29, 0.717) is 13.2 Å². The number of nitrogens with one attached hydrogen (secondary N) is 1. The van der Waals surface area contributed by atoms with Crippen LogP contribution < -0.4 is 10.2 Å². The molecule has 0 unspecified atom stereocenters. The predicted octanol–water partition coefficient (Wildman–Crippen LogP) is 3.80. The minimum absolute atomic E-state index is 0. The first-order valence-electron chi connectivity index (χ1n) is 9.18. The maximum Gasteiger partial charge on any atom is 0.194 e. The standard InChI is InChI=1S/C20H28N4OS.HI/c1-3-21-20(22-15-17-6-8-18(9-7-17)16-25-2)24-12-10-23(11-13-24)19-5-4-14-26-19;/h4-9,14H,3,10-13,15-16H2,1-2H3,(H,21,22);1H. The number of halogens is 1. The van der Waals surface area contributed by atoms with E-state index in [-0.39, 0.29) is 24.0 Å². The summed E-state index contributed by atoms with van der Waals surface area (Å²) >= 11 is 1.81. The Morgan fingerprint density at radius 2 is 1.81 bits per heavy atom. The van der Waals surface area contributed by atoms with Crippen LogP contribution in [0, 0.1) is 0 Å². The molecule has 3 rings (SSSR count). The number of guanidine groups is 1. The molecule has 0 aliphatic carbocycles. The van der Waals surface area contributed by atoms with Crippen LogP contribution in [0.3, 0.4) is 0 Å². The van der Waals surface area contributed by atoms with Gasteiger partial charge < -0.3 is 19.9 Å². The van der Waals surface area contributed by atoms with Crippen LogP contribution in [0.4, 0.5) is 5.00 Å². The average Bonchev–Trinajstić information content (AvgIpc) is 3.21. The van der Waals surface area contributed by atoms with Crippen LogP contribution >= 0.6 is 35.3 Å². The normalized spacial score (nSPS) is 14.8. The number of hydrogen-bond donors (Lipinski definition) is 1. The van der Waals surface area contributed by atoms with E-state index in [2.05, 4.69) is 63.8 Å². The molecule has 1 aromatic heterocycles. The molecule has 1 aromatic carbocycles. The van der Waals surface area contributed by atoms with Crippen molar-refractivity contribution in [1.29, 1.82) is 0 Å². The van der Waals surface area contributed by atoms with Gasteiger partial charge in [0.05, 0.1) is 18.2 Å². The van der Waals surface area contributed by atoms with Crippen molar-refractivity contribution in [2.24, 2.45) is 4.99 Å². The highest BCUT2D eigenvalue weighted by molar-refractivity contribution is 14.0. The van der Waals surface area contributed by atoms with Crippen molar-refractivity contribution in [2.45, 2.75) is 20.1 Å². The summed E-state index contributed by atoms with van der Waals surface area (Å²) in [5, 5.41) is 6.95. The minimum atomic E-state index is 0. The van der Waals surface area contributed by atoms with Crippen molar-refractivity contribution in [3.63, 3.8) is 0 Å². The Morgan fingerprint density at radius 1 is 1.11 bits per heavy atom. The lowest BCUT2D eigenvalue weighted by atomic mass is 10.1. The molecule has 1 fully saturated rings. The number of aliphatic imine (C=N–C) groups is 1. The van der Waals surface area contributed by atoms with Gasteiger partial charge in [0.1, 0.15) is 0 Å². The highest BCUT2D eigenvalue weighted by Crippen LogP contribution is 2.22. The number of piperazine rings is 1. The van der Waals surface area contributed by atoms with Gasteiger partial charge in [-0.1, -0.05) is 24.3 Å². The molecule has 1 saturated heterocycles. The number of anilines is 1. The van der Waals surface area contributed by atoms with E-state index < -0.39 is 0 Å². The predicted molar refractivity (Wildman–Crippen MR) is 125 cm³/mol. The average molecular weight is 500 g/mol. The summed E-state index contributed by atoms with van der Waals surface area (Å²) in [4.78, 5) is 9.68. The van der Waals surface area contributed by atoms with Crippen LogP contribution in [-0.4, -0.2) is 50.7 Å². The van der Waals surface area contributed by atoms with Gasteiger partial charge in [-0.2, -0.15) is 0 Å². The van der Waals surface area contributed by atoms with Gasteiger partial charge in [0.25, 0.3) is 0 Å². The Kier molecular flexibility index (Phi) is 9.36. The maximum atomic E-state index is 5.17. The Hall–Kier alpha value is -1.32. The van der Waals surface area contributed by atoms with E-state index in [9.17, 15) is 0 Å². The maximum absolute atomic E-state index is 5.17. The van der Waals surface area contributed by atoms with E-state index in [0.717, 1.165) is 38.7 Å². The lowest BCUT2D eigenvalue weighted by Crippen LogP contribution is -2.52. The first kappa shape index (κ1) is 22.0. The molecule has 0 saturated carbocycles. The van der Waals surface area contributed by atoms with Gasteiger partial charge in [-0.05, 0) is 35.6 Å². The fourth-order valence-electron chi connectivity index (χ4n) is 3.09. The Labute approximate surface area is 183 Å². The highest BCUT2D eigenvalue weighted by atomic mass is 127. The molecule has 1 aliphatic rings. The first-order chi connectivity index (χ1) is 12.8. The van der Waals surface area contributed by atoms with Gasteiger partial charge in [0.2, 0.25) is 0 Å². The zero-order chi connectivity index (χ0) is 18.2. The van der Waals surface area contributed by atoms with E-state index in [1.165, 1.54) is 16.1 Å². The smallest absolute Gasteiger partial charge is 0.194 e. The zero-order valence-electron chi connectivity index (χ0n) is 16.1. The Bertz CT molecular complexity index is 683. The lowest BCUT2D eigenvalue weighted by Gasteiger charge is -2.37. The third kappa shape index (κ3) is 6.36. The third-order valence-corrected chi connectivity index (χ3v) is 5.41. The van der Waals surface area contributed by atoms with E-state index in [4.69, 9.17) is 9.73 Å². The fraction of sp³-hybridized carbons (Fsp3) is 0.450. The molecule has 0 amide bonds. The molecule has 0 spiro atoms. The van der Waals surface area contributed by atoms with Crippen molar-refractivity contribution in [1.82, 2.24) is 10.2 Å². The van der Waals surface area contributed by atoms with Crippen LogP contribution in [-0.2, 0) is 17.9 Å². The number of methoxy groups -OCH3 is 1. The van der Waals surface area contributed by atoms with E-state index >= 15 is 0 Å². The molecule has 1 aliphatic heterocycles. The molecular weight excluding hydrogens is 471 g/mol. The van der Waals surface area contributed by atoms with Crippen molar-refractivity contribution in [3.8, 4) is 0 Å². The molecule has 2 aromatic rings. The number of benzene rings is 1. The summed E-state index contributed by atoms with van der Waals surface area (Å²) in [6, 6.07) is 12.8. The number of thiophene rings is 1. The monoisotopic (exact) mass is 500 g/mol. The molecule has 0 bridgehead atoms. The molecule has 5 nitrogen and oxygen atoms in total. The topological polar surface area (TPSA) is 40.1 Å². The lowest BCUT2D eigenvalue weighted by molar-refractivity contribution is 0.185. The van der Waals surface area contributed by atoms with Crippen molar-refractivity contribution in [3.05, 3.63) is 52.9 Å². The molecule has 0 atom stereocenters. The molecule has 0 radical (unpaired) electrons. The molecule has 7 heteroatoms. The summed E-state index contributed by atoms with van der Waals surface area (Å²) in [7, 11) is 1.72. The number of hydrogen-bond acceptors (Lipinski definition) is 4. The largest absolute Gasteiger partial charge is 0.380 e. The van der Waals surface area contributed by atoms with Gasteiger partial charge in [-0.15, -0.1) is 35.3 Å². The number of rotatable bonds is 6. The Balaban J connectivity index is 0.00000261. The Morgan fingerprint density at radius 3 is 2.41 bits per heavy atom. The molecule has 148 valence electrons. The van der Waals surface area contributed by atoms with Crippen LogP contribution in [0.15, 0.2) is 46.8 Å². The first-order valence-corrected chi connectivity index (χ1v) is 10.1. The second kappa shape index (κ2) is 11.5. The minimum Gasteiger partial charge on any atom is -0.380 e. The van der Waals surface area contributed by atoms with Crippen LogP contribution in [0.25, 0.3) is 0 Å². The summed E-state index contributed by atoms with van der Waals surface area (Å²) in [6.45, 7) is 8.43. The molecule has 2 heterocycles. The third-order valence-electron chi connectivity index (χ3n) is 4.48. The summed E-state index contributed by atoms with van der Waals surface area (Å²) in [5.41, 5.74) is 2.41. The quantitative estimate of drug-likeness (QED) is 0.372. The van der Waals surface area contributed by atoms with Crippen molar-refractivity contribution < 1.29 is 4.74 Å². The highest BCUT2D eigenvalue weighted by Gasteiger charge is 2.20. The molecular formula is C20H29IN4OS. The van der Waals surface area contributed by atoms with Gasteiger partial charge in [0, 0.05) is 39.8 Å². The second-order valence-corrected chi connectivity index (χ2v) is 7.27. The van der Waals surface area contributed by atoms with Gasteiger partial charge in [-0.3, -0.25) is 0 Å². The van der Waals surface area contributed by atoms with E-state index in [1.54, 1.807) is 7.11 Å². The van der Waals surface area contributed by atoms with Crippen LogP contribution in [0.2, 0.25) is 0 Å². The van der Waals surface area contributed by atoms with Crippen molar-refractivity contribution in [2.75, 3.05) is 44.7 Å². The number of ether oxygens (including phenoxy) is 1. The van der Waals surface area contributed by atoms with E-state index in [1.807, 2.05) is 11.3 Å². The summed E-state index contributed by atoms with van der Waals surface area (Å²) in [6.07, 6.45) is 0. The molecule has 27 heavy (non-hydrogen) atoms. The fourth-order valence-corrected chi connectivity index (χ4v) is 3.87. The van der Waals surface area contributed by atoms with Crippen molar-refractivity contribution >= 4 is 46.3 Å². The SMILES string of the molecule is CCNC(=NCc1ccc(COC)cc1)N1CCN(c2cccs2)CC1.I. The van der Waals surface area contributed by atoms with Gasteiger partial charge >= 0.3 is 0 Å². The second-order valence-electron chi connectivity index (χ2n) is 6.35. The van der Waals surface area contributed by atoms with Gasteiger partial charge in [-0.25, -0.2) is 4.99 Å². The van der Waals surface area contributed by atoms with Gasteiger partial charge in [0.15, 0.2) is 5.96 Å². The van der Waals surface area contributed by atoms with Crippen LogP contribution in [0.1, 0.15) is 18.1 Å². The number of nitrogens with zero attached hydrogens (tertiary/aromatic N) is 3. The summed E-state index contributed by atoms with van der Waals surface area (Å²) < 4.78 is 5.17.